The quantitative estimate of drug-likeness (QED) is 0.272. The summed E-state index contributed by atoms with van der Waals surface area (Å²) in [6, 6.07) is 15.4. The maximum absolute atomic E-state index is 13.4. The van der Waals surface area contributed by atoms with Crippen LogP contribution in [0.25, 0.3) is 5.76 Å². The monoisotopic (exact) mass is 486 g/mol. The molecule has 1 aliphatic heterocycles. The zero-order chi connectivity index (χ0) is 25.8. The summed E-state index contributed by atoms with van der Waals surface area (Å²) in [5.74, 6) is -0.352. The fourth-order valence-electron chi connectivity index (χ4n) is 4.27. The van der Waals surface area contributed by atoms with E-state index in [2.05, 4.69) is 18.8 Å². The van der Waals surface area contributed by atoms with Crippen LogP contribution >= 0.6 is 0 Å². The molecule has 186 valence electrons. The Kier molecular flexibility index (Phi) is 7.38. The second-order valence-corrected chi connectivity index (χ2v) is 9.27. The van der Waals surface area contributed by atoms with Crippen LogP contribution in [0.2, 0.25) is 0 Å². The standard InChI is InChI=1S/C29H30N2O5/c1-18(2)17-36-22-9-5-8-21(14-22)26-25(27(32)23-13-19(3)10-11-24(23)35-4)28(33)29(34)31(26)16-20-7-6-12-30-15-20/h5-15,18,26,32H,16-17H2,1-4H3/b27-25+. The molecule has 2 heterocycles. The molecule has 7 heteroatoms. The van der Waals surface area contributed by atoms with Gasteiger partial charge in [-0.1, -0.05) is 43.7 Å². The highest BCUT2D eigenvalue weighted by Crippen LogP contribution is 2.42. The van der Waals surface area contributed by atoms with Crippen LogP contribution in [-0.4, -0.2) is 40.4 Å². The highest BCUT2D eigenvalue weighted by molar-refractivity contribution is 6.46. The maximum Gasteiger partial charge on any atom is 0.295 e. The van der Waals surface area contributed by atoms with E-state index < -0.39 is 17.7 Å². The van der Waals surface area contributed by atoms with Crippen molar-refractivity contribution in [1.82, 2.24) is 9.88 Å². The lowest BCUT2D eigenvalue weighted by atomic mass is 9.94. The van der Waals surface area contributed by atoms with E-state index in [0.29, 0.717) is 35.2 Å². The minimum absolute atomic E-state index is 0.00815. The van der Waals surface area contributed by atoms with Gasteiger partial charge in [-0.05, 0) is 54.3 Å². The van der Waals surface area contributed by atoms with E-state index in [4.69, 9.17) is 9.47 Å². The number of hydrogen-bond acceptors (Lipinski definition) is 6. The van der Waals surface area contributed by atoms with Crippen LogP contribution in [0.1, 0.15) is 42.1 Å². The average Bonchev–Trinajstić information content (AvgIpc) is 3.12. The van der Waals surface area contributed by atoms with Crippen LogP contribution in [0.4, 0.5) is 0 Å². The first-order valence-corrected chi connectivity index (χ1v) is 11.8. The predicted octanol–water partition coefficient (Wildman–Crippen LogP) is 5.06. The number of hydrogen-bond donors (Lipinski definition) is 1. The normalized spacial score (nSPS) is 17.0. The van der Waals surface area contributed by atoms with E-state index in [9.17, 15) is 14.7 Å². The van der Waals surface area contributed by atoms with Crippen molar-refractivity contribution in [3.63, 3.8) is 0 Å². The summed E-state index contributed by atoms with van der Waals surface area (Å²) in [4.78, 5) is 32.3. The Morgan fingerprint density at radius 1 is 1.11 bits per heavy atom. The molecule has 1 amide bonds. The number of ketones is 1. The molecule has 1 N–H and O–H groups in total. The number of methoxy groups -OCH3 is 1. The largest absolute Gasteiger partial charge is 0.507 e. The SMILES string of the molecule is COc1ccc(C)cc1/C(O)=C1\C(=O)C(=O)N(Cc2cccnc2)C1c1cccc(OCC(C)C)c1. The number of aromatic nitrogens is 1. The van der Waals surface area contributed by atoms with Gasteiger partial charge in [0, 0.05) is 18.9 Å². The van der Waals surface area contributed by atoms with E-state index in [0.717, 1.165) is 11.1 Å². The van der Waals surface area contributed by atoms with Crippen molar-refractivity contribution >= 4 is 17.4 Å². The molecule has 1 atom stereocenters. The third-order valence-electron chi connectivity index (χ3n) is 5.98. The van der Waals surface area contributed by atoms with Crippen LogP contribution < -0.4 is 9.47 Å². The van der Waals surface area contributed by atoms with E-state index in [1.807, 2.05) is 43.3 Å². The minimum atomic E-state index is -0.821. The summed E-state index contributed by atoms with van der Waals surface area (Å²) in [5, 5.41) is 11.5. The van der Waals surface area contributed by atoms with Gasteiger partial charge in [0.2, 0.25) is 0 Å². The van der Waals surface area contributed by atoms with Gasteiger partial charge in [0.1, 0.15) is 17.3 Å². The number of aliphatic hydroxyl groups excluding tert-OH is 1. The van der Waals surface area contributed by atoms with Crippen molar-refractivity contribution in [2.24, 2.45) is 5.92 Å². The second kappa shape index (κ2) is 10.6. The molecule has 0 bridgehead atoms. The molecule has 2 aromatic carbocycles. The van der Waals surface area contributed by atoms with E-state index >= 15 is 0 Å². The van der Waals surface area contributed by atoms with Crippen molar-refractivity contribution in [2.75, 3.05) is 13.7 Å². The molecule has 1 unspecified atom stereocenters. The lowest BCUT2D eigenvalue weighted by Gasteiger charge is -2.26. The summed E-state index contributed by atoms with van der Waals surface area (Å²) in [6.45, 7) is 6.68. The van der Waals surface area contributed by atoms with Gasteiger partial charge in [0.05, 0.1) is 30.9 Å². The van der Waals surface area contributed by atoms with E-state index in [1.165, 1.54) is 12.0 Å². The first-order chi connectivity index (χ1) is 17.3. The highest BCUT2D eigenvalue weighted by atomic mass is 16.5. The Hall–Kier alpha value is -4.13. The number of ether oxygens (including phenoxy) is 2. The molecule has 1 aliphatic rings. The van der Waals surface area contributed by atoms with Gasteiger partial charge in [0.15, 0.2) is 0 Å². The van der Waals surface area contributed by atoms with Crippen LogP contribution in [-0.2, 0) is 16.1 Å². The average molecular weight is 487 g/mol. The van der Waals surface area contributed by atoms with Crippen LogP contribution in [0.5, 0.6) is 11.5 Å². The summed E-state index contributed by atoms with van der Waals surface area (Å²) < 4.78 is 11.4. The Labute approximate surface area is 211 Å². The third kappa shape index (κ3) is 5.10. The zero-order valence-corrected chi connectivity index (χ0v) is 20.9. The first-order valence-electron chi connectivity index (χ1n) is 11.8. The molecule has 4 rings (SSSR count). The summed E-state index contributed by atoms with van der Waals surface area (Å²) in [5.41, 5.74) is 2.67. The number of likely N-dealkylation sites (tertiary alicyclic amines) is 1. The molecular weight excluding hydrogens is 456 g/mol. The topological polar surface area (TPSA) is 89.0 Å². The molecule has 36 heavy (non-hydrogen) atoms. The number of pyridine rings is 1. The van der Waals surface area contributed by atoms with Crippen molar-refractivity contribution < 1.29 is 24.2 Å². The number of nitrogens with zero attached hydrogens (tertiary/aromatic N) is 2. The number of aliphatic hydroxyl groups is 1. The summed E-state index contributed by atoms with van der Waals surface area (Å²) in [7, 11) is 1.50. The van der Waals surface area contributed by atoms with Gasteiger partial charge >= 0.3 is 0 Å². The smallest absolute Gasteiger partial charge is 0.295 e. The molecule has 1 saturated heterocycles. The van der Waals surface area contributed by atoms with Gasteiger partial charge in [-0.25, -0.2) is 0 Å². The van der Waals surface area contributed by atoms with Crippen molar-refractivity contribution in [2.45, 2.75) is 33.4 Å². The number of carbonyl (C=O) groups is 2. The molecule has 0 spiro atoms. The van der Waals surface area contributed by atoms with Gasteiger partial charge in [-0.15, -0.1) is 0 Å². The van der Waals surface area contributed by atoms with Gasteiger partial charge < -0.3 is 19.5 Å². The van der Waals surface area contributed by atoms with Crippen molar-refractivity contribution in [3.8, 4) is 11.5 Å². The Balaban J connectivity index is 1.87. The molecule has 0 aliphatic carbocycles. The van der Waals surface area contributed by atoms with Crippen LogP contribution in [0.15, 0.2) is 72.6 Å². The van der Waals surface area contributed by atoms with E-state index in [1.54, 1.807) is 30.6 Å². The van der Waals surface area contributed by atoms with Crippen molar-refractivity contribution in [1.29, 1.82) is 0 Å². The molecular formula is C29H30N2O5. The summed E-state index contributed by atoms with van der Waals surface area (Å²) >= 11 is 0. The number of carbonyl (C=O) groups excluding carboxylic acids is 2. The number of rotatable bonds is 8. The maximum atomic E-state index is 13.4. The molecule has 1 aromatic heterocycles. The fraction of sp³-hybridized carbons (Fsp3) is 0.276. The Morgan fingerprint density at radius 3 is 2.61 bits per heavy atom. The first kappa shape index (κ1) is 25.0. The number of Topliss-reactive ketones (excluding diaryl/α,β-unsaturated/α-hetero) is 1. The van der Waals surface area contributed by atoms with E-state index in [-0.39, 0.29) is 17.9 Å². The van der Waals surface area contributed by atoms with Crippen LogP contribution in [0.3, 0.4) is 0 Å². The predicted molar refractivity (Wildman–Crippen MR) is 137 cm³/mol. The molecule has 3 aromatic rings. The Bertz CT molecular complexity index is 1300. The number of aryl methyl sites for hydroxylation is 1. The molecule has 0 radical (unpaired) electrons. The minimum Gasteiger partial charge on any atom is -0.507 e. The fourth-order valence-corrected chi connectivity index (χ4v) is 4.27. The number of amides is 1. The Morgan fingerprint density at radius 2 is 1.92 bits per heavy atom. The molecule has 7 nitrogen and oxygen atoms in total. The third-order valence-corrected chi connectivity index (χ3v) is 5.98. The summed E-state index contributed by atoms with van der Waals surface area (Å²) in [6.07, 6.45) is 3.30. The molecule has 1 fully saturated rings. The van der Waals surface area contributed by atoms with Gasteiger partial charge in [-0.2, -0.15) is 0 Å². The lowest BCUT2D eigenvalue weighted by molar-refractivity contribution is -0.140. The molecule has 0 saturated carbocycles. The van der Waals surface area contributed by atoms with Crippen LogP contribution in [0, 0.1) is 12.8 Å². The van der Waals surface area contributed by atoms with Gasteiger partial charge in [-0.3, -0.25) is 14.6 Å². The van der Waals surface area contributed by atoms with Crippen molar-refractivity contribution in [3.05, 3.63) is 94.8 Å². The number of benzene rings is 2. The second-order valence-electron chi connectivity index (χ2n) is 9.27. The van der Waals surface area contributed by atoms with Gasteiger partial charge in [0.25, 0.3) is 11.7 Å². The lowest BCUT2D eigenvalue weighted by Crippen LogP contribution is -2.29. The highest BCUT2D eigenvalue weighted by Gasteiger charge is 2.46. The zero-order valence-electron chi connectivity index (χ0n) is 20.9.